The van der Waals surface area contributed by atoms with Crippen molar-refractivity contribution < 1.29 is 0 Å². The number of hydrogen-bond donors (Lipinski definition) is 1. The molecule has 0 radical (unpaired) electrons. The Morgan fingerprint density at radius 3 is 2.43 bits per heavy atom. The highest BCUT2D eigenvalue weighted by Gasteiger charge is 2.22. The molecule has 0 saturated carbocycles. The van der Waals surface area contributed by atoms with Crippen LogP contribution in [0.1, 0.15) is 32.1 Å². The highest BCUT2D eigenvalue weighted by molar-refractivity contribution is 14.0. The second-order valence-electron chi connectivity index (χ2n) is 6.54. The fourth-order valence-corrected chi connectivity index (χ4v) is 3.48. The van der Waals surface area contributed by atoms with Gasteiger partial charge in [0.15, 0.2) is 5.96 Å². The van der Waals surface area contributed by atoms with Crippen molar-refractivity contribution in [1.29, 1.82) is 0 Å². The molecule has 1 aromatic carbocycles. The van der Waals surface area contributed by atoms with Crippen molar-refractivity contribution in [3.8, 4) is 0 Å². The summed E-state index contributed by atoms with van der Waals surface area (Å²) in [7, 11) is 0. The number of hydrogen-bond acceptors (Lipinski definition) is 2. The van der Waals surface area contributed by atoms with Gasteiger partial charge in [-0.1, -0.05) is 31.0 Å². The SMILES string of the molecule is I.NC(=NCC1CCN(c2ccccc2)C1)N1CCCCCC1. The van der Waals surface area contributed by atoms with Crippen LogP contribution in [0.25, 0.3) is 0 Å². The fraction of sp³-hybridized carbons (Fsp3) is 0.611. The Balaban J connectivity index is 0.00000192. The van der Waals surface area contributed by atoms with E-state index in [-0.39, 0.29) is 24.0 Å². The van der Waals surface area contributed by atoms with Crippen LogP contribution >= 0.6 is 24.0 Å². The van der Waals surface area contributed by atoms with E-state index in [1.165, 1.54) is 37.8 Å². The van der Waals surface area contributed by atoms with Gasteiger partial charge in [0.1, 0.15) is 0 Å². The zero-order valence-corrected chi connectivity index (χ0v) is 16.2. The molecule has 0 spiro atoms. The summed E-state index contributed by atoms with van der Waals surface area (Å²) in [5.41, 5.74) is 7.53. The zero-order valence-electron chi connectivity index (χ0n) is 13.9. The van der Waals surface area contributed by atoms with E-state index in [0.29, 0.717) is 5.92 Å². The Morgan fingerprint density at radius 1 is 1.04 bits per heavy atom. The van der Waals surface area contributed by atoms with Crippen LogP contribution in [0.4, 0.5) is 5.69 Å². The van der Waals surface area contributed by atoms with Crippen LogP contribution in [-0.2, 0) is 0 Å². The predicted octanol–water partition coefficient (Wildman–Crippen LogP) is 3.32. The topological polar surface area (TPSA) is 44.9 Å². The third-order valence-electron chi connectivity index (χ3n) is 4.85. The van der Waals surface area contributed by atoms with Crippen molar-refractivity contribution in [3.63, 3.8) is 0 Å². The van der Waals surface area contributed by atoms with Crippen molar-refractivity contribution in [2.45, 2.75) is 32.1 Å². The number of aliphatic imine (C=N–C) groups is 1. The standard InChI is InChI=1S/C18H28N4.HI/c19-18(21-11-6-1-2-7-12-21)20-14-16-10-13-22(15-16)17-8-4-3-5-9-17;/h3-5,8-9,16H,1-2,6-7,10-15H2,(H2,19,20);1H. The number of benzene rings is 1. The average Bonchev–Trinajstić information content (AvgIpc) is 2.87. The van der Waals surface area contributed by atoms with Crippen molar-refractivity contribution in [2.24, 2.45) is 16.6 Å². The molecule has 1 aromatic rings. The summed E-state index contributed by atoms with van der Waals surface area (Å²) in [6.45, 7) is 5.26. The molecule has 1 unspecified atom stereocenters. The molecule has 1 atom stereocenters. The number of para-hydroxylation sites is 1. The lowest BCUT2D eigenvalue weighted by Gasteiger charge is -2.22. The van der Waals surface area contributed by atoms with E-state index in [0.717, 1.165) is 38.7 Å². The molecule has 0 bridgehead atoms. The normalized spacial score (nSPS) is 22.6. The third kappa shape index (κ3) is 5.26. The first-order valence-electron chi connectivity index (χ1n) is 8.68. The van der Waals surface area contributed by atoms with E-state index in [1.807, 2.05) is 0 Å². The molecule has 2 N–H and O–H groups in total. The van der Waals surface area contributed by atoms with E-state index in [1.54, 1.807) is 0 Å². The summed E-state index contributed by atoms with van der Waals surface area (Å²) in [5, 5.41) is 0. The highest BCUT2D eigenvalue weighted by Crippen LogP contribution is 2.23. The van der Waals surface area contributed by atoms with Crippen LogP contribution in [0.5, 0.6) is 0 Å². The van der Waals surface area contributed by atoms with Gasteiger partial charge in [-0.2, -0.15) is 0 Å². The molecule has 2 aliphatic heterocycles. The van der Waals surface area contributed by atoms with Gasteiger partial charge >= 0.3 is 0 Å². The maximum atomic E-state index is 6.20. The van der Waals surface area contributed by atoms with E-state index in [2.05, 4.69) is 40.1 Å². The molecule has 128 valence electrons. The number of guanidine groups is 1. The van der Waals surface area contributed by atoms with E-state index < -0.39 is 0 Å². The van der Waals surface area contributed by atoms with Gasteiger partial charge < -0.3 is 15.5 Å². The summed E-state index contributed by atoms with van der Waals surface area (Å²) >= 11 is 0. The molecule has 2 aliphatic rings. The molecule has 2 heterocycles. The summed E-state index contributed by atoms with van der Waals surface area (Å²) in [6.07, 6.45) is 6.38. The van der Waals surface area contributed by atoms with Gasteiger partial charge in [0.2, 0.25) is 0 Å². The largest absolute Gasteiger partial charge is 0.371 e. The molecular formula is C18H29IN4. The van der Waals surface area contributed by atoms with Gasteiger partial charge in [-0.25, -0.2) is 0 Å². The lowest BCUT2D eigenvalue weighted by atomic mass is 10.1. The van der Waals surface area contributed by atoms with Crippen molar-refractivity contribution in [1.82, 2.24) is 4.90 Å². The summed E-state index contributed by atoms with van der Waals surface area (Å²) < 4.78 is 0. The Labute approximate surface area is 157 Å². The molecule has 4 nitrogen and oxygen atoms in total. The number of nitrogens with two attached hydrogens (primary N) is 1. The van der Waals surface area contributed by atoms with Crippen LogP contribution in [0.3, 0.4) is 0 Å². The van der Waals surface area contributed by atoms with Crippen LogP contribution in [0.2, 0.25) is 0 Å². The molecule has 5 heteroatoms. The maximum absolute atomic E-state index is 6.20. The molecular weight excluding hydrogens is 399 g/mol. The Morgan fingerprint density at radius 2 is 1.74 bits per heavy atom. The smallest absolute Gasteiger partial charge is 0.191 e. The lowest BCUT2D eigenvalue weighted by molar-refractivity contribution is 0.426. The molecule has 0 aromatic heterocycles. The minimum absolute atomic E-state index is 0. The molecule has 0 aliphatic carbocycles. The Hall–Kier alpha value is -0.980. The number of rotatable bonds is 3. The van der Waals surface area contributed by atoms with Crippen molar-refractivity contribution in [2.75, 3.05) is 37.6 Å². The molecule has 0 amide bonds. The number of anilines is 1. The maximum Gasteiger partial charge on any atom is 0.191 e. The molecule has 2 saturated heterocycles. The van der Waals surface area contributed by atoms with Crippen LogP contribution in [0, 0.1) is 5.92 Å². The minimum atomic E-state index is 0. The molecule has 23 heavy (non-hydrogen) atoms. The molecule has 3 rings (SSSR count). The minimum Gasteiger partial charge on any atom is -0.371 e. The Bertz CT molecular complexity index is 483. The van der Waals surface area contributed by atoms with Crippen LogP contribution in [0.15, 0.2) is 35.3 Å². The van der Waals surface area contributed by atoms with Gasteiger partial charge in [-0.15, -0.1) is 24.0 Å². The van der Waals surface area contributed by atoms with Gasteiger partial charge in [0.25, 0.3) is 0 Å². The highest BCUT2D eigenvalue weighted by atomic mass is 127. The predicted molar refractivity (Wildman–Crippen MR) is 109 cm³/mol. The average molecular weight is 428 g/mol. The number of nitrogens with zero attached hydrogens (tertiary/aromatic N) is 3. The first kappa shape index (κ1) is 18.4. The monoisotopic (exact) mass is 428 g/mol. The van der Waals surface area contributed by atoms with E-state index >= 15 is 0 Å². The Kier molecular flexibility index (Phi) is 7.46. The first-order chi connectivity index (χ1) is 10.8. The van der Waals surface area contributed by atoms with Crippen molar-refractivity contribution >= 4 is 35.6 Å². The second kappa shape index (κ2) is 9.35. The van der Waals surface area contributed by atoms with Crippen molar-refractivity contribution in [3.05, 3.63) is 30.3 Å². The van der Waals surface area contributed by atoms with E-state index in [9.17, 15) is 0 Å². The van der Waals surface area contributed by atoms with Crippen LogP contribution < -0.4 is 10.6 Å². The fourth-order valence-electron chi connectivity index (χ4n) is 3.48. The first-order valence-corrected chi connectivity index (χ1v) is 8.68. The number of likely N-dealkylation sites (tertiary alicyclic amines) is 1. The zero-order chi connectivity index (χ0) is 15.2. The van der Waals surface area contributed by atoms with Gasteiger partial charge in [0, 0.05) is 38.4 Å². The third-order valence-corrected chi connectivity index (χ3v) is 4.85. The summed E-state index contributed by atoms with van der Waals surface area (Å²) in [5.74, 6) is 1.39. The second-order valence-corrected chi connectivity index (χ2v) is 6.54. The molecule has 2 fully saturated rings. The van der Waals surface area contributed by atoms with Gasteiger partial charge in [-0.05, 0) is 37.3 Å². The van der Waals surface area contributed by atoms with E-state index in [4.69, 9.17) is 10.7 Å². The van der Waals surface area contributed by atoms with Crippen LogP contribution in [-0.4, -0.2) is 43.6 Å². The van der Waals surface area contributed by atoms with Gasteiger partial charge in [0.05, 0.1) is 0 Å². The number of halogens is 1. The summed E-state index contributed by atoms with van der Waals surface area (Å²) in [6, 6.07) is 10.7. The summed E-state index contributed by atoms with van der Waals surface area (Å²) in [4.78, 5) is 9.43. The lowest BCUT2D eigenvalue weighted by Crippen LogP contribution is -2.38. The quantitative estimate of drug-likeness (QED) is 0.457. The van der Waals surface area contributed by atoms with Gasteiger partial charge in [-0.3, -0.25) is 4.99 Å².